The minimum atomic E-state index is -0.840. The van der Waals surface area contributed by atoms with Crippen molar-refractivity contribution in [2.45, 2.75) is 39.0 Å². The molecule has 0 atom stereocenters. The van der Waals surface area contributed by atoms with Crippen molar-refractivity contribution in [2.75, 3.05) is 17.2 Å². The van der Waals surface area contributed by atoms with Gasteiger partial charge in [0.25, 0.3) is 5.91 Å². The van der Waals surface area contributed by atoms with Crippen molar-refractivity contribution in [3.8, 4) is 0 Å². The number of aromatic nitrogens is 2. The molecule has 1 aliphatic carbocycles. The molecule has 1 aromatic carbocycles. The zero-order chi connectivity index (χ0) is 19.2. The van der Waals surface area contributed by atoms with Crippen molar-refractivity contribution in [3.05, 3.63) is 58.9 Å². The van der Waals surface area contributed by atoms with E-state index in [1.807, 2.05) is 0 Å². The van der Waals surface area contributed by atoms with E-state index < -0.39 is 23.2 Å². The molecule has 0 saturated carbocycles. The van der Waals surface area contributed by atoms with Gasteiger partial charge in [0.05, 0.1) is 0 Å². The largest absolute Gasteiger partial charge is 0.354 e. The molecule has 0 bridgehead atoms. The van der Waals surface area contributed by atoms with Gasteiger partial charge in [-0.1, -0.05) is 17.7 Å². The van der Waals surface area contributed by atoms with Gasteiger partial charge in [0.1, 0.15) is 23.0 Å². The molecule has 3 rings (SSSR count). The van der Waals surface area contributed by atoms with Gasteiger partial charge >= 0.3 is 0 Å². The number of nitrogens with zero attached hydrogens (tertiary/aromatic N) is 2. The summed E-state index contributed by atoms with van der Waals surface area (Å²) in [6, 6.07) is 4.87. The van der Waals surface area contributed by atoms with Crippen LogP contribution in [0.15, 0.2) is 35.9 Å². The summed E-state index contributed by atoms with van der Waals surface area (Å²) in [5, 5.41) is 5.36. The fourth-order valence-electron chi connectivity index (χ4n) is 3.03. The normalized spacial score (nSPS) is 13.8. The van der Waals surface area contributed by atoms with E-state index in [1.165, 1.54) is 30.5 Å². The highest BCUT2D eigenvalue weighted by Gasteiger charge is 2.16. The van der Waals surface area contributed by atoms with Crippen LogP contribution in [-0.4, -0.2) is 22.4 Å². The number of para-hydroxylation sites is 1. The number of anilines is 2. The first-order valence-corrected chi connectivity index (χ1v) is 9.06. The standard InChI is InChI=1S/C20H22F2N4O/c1-13-12-17(19(27)26-18-15(21)8-5-9-16(18)22)25-20(24-13)23-11-10-14-6-3-2-4-7-14/h5-6,8-9,12H,2-4,7,10-11H2,1H3,(H,26,27)(H,23,24,25). The molecule has 1 heterocycles. The lowest BCUT2D eigenvalue weighted by Crippen LogP contribution is -2.18. The number of carbonyl (C=O) groups is 1. The molecule has 5 nitrogen and oxygen atoms in total. The lowest BCUT2D eigenvalue weighted by molar-refractivity contribution is 0.102. The number of benzene rings is 1. The van der Waals surface area contributed by atoms with Crippen LogP contribution in [0, 0.1) is 18.6 Å². The van der Waals surface area contributed by atoms with Gasteiger partial charge in [0.15, 0.2) is 0 Å². The van der Waals surface area contributed by atoms with Crippen molar-refractivity contribution in [2.24, 2.45) is 0 Å². The van der Waals surface area contributed by atoms with E-state index in [0.717, 1.165) is 31.4 Å². The van der Waals surface area contributed by atoms with Gasteiger partial charge in [-0.05, 0) is 57.2 Å². The molecular weight excluding hydrogens is 350 g/mol. The minimum Gasteiger partial charge on any atom is -0.354 e. The SMILES string of the molecule is Cc1cc(C(=O)Nc2c(F)cccc2F)nc(NCCC2=CCCCC2)n1. The fourth-order valence-corrected chi connectivity index (χ4v) is 3.03. The lowest BCUT2D eigenvalue weighted by atomic mass is 9.97. The van der Waals surface area contributed by atoms with E-state index in [9.17, 15) is 13.6 Å². The Labute approximate surface area is 156 Å². The summed E-state index contributed by atoms with van der Waals surface area (Å²) in [6.45, 7) is 2.40. The molecule has 1 aliphatic rings. The third-order valence-electron chi connectivity index (χ3n) is 4.40. The van der Waals surface area contributed by atoms with Crippen molar-refractivity contribution in [1.82, 2.24) is 9.97 Å². The highest BCUT2D eigenvalue weighted by Crippen LogP contribution is 2.21. The average Bonchev–Trinajstić information content (AvgIpc) is 2.65. The quantitative estimate of drug-likeness (QED) is 0.726. The van der Waals surface area contributed by atoms with Crippen LogP contribution in [0.4, 0.5) is 20.4 Å². The van der Waals surface area contributed by atoms with Crippen molar-refractivity contribution in [3.63, 3.8) is 0 Å². The van der Waals surface area contributed by atoms with E-state index in [4.69, 9.17) is 0 Å². The van der Waals surface area contributed by atoms with Crippen LogP contribution in [0.1, 0.15) is 48.3 Å². The zero-order valence-corrected chi connectivity index (χ0v) is 15.2. The number of aryl methyl sites for hydroxylation is 1. The maximum absolute atomic E-state index is 13.7. The van der Waals surface area contributed by atoms with Gasteiger partial charge in [-0.2, -0.15) is 0 Å². The van der Waals surface area contributed by atoms with E-state index in [1.54, 1.807) is 6.92 Å². The third-order valence-corrected chi connectivity index (χ3v) is 4.40. The molecule has 0 spiro atoms. The maximum atomic E-state index is 13.7. The number of allylic oxidation sites excluding steroid dienone is 1. The predicted molar refractivity (Wildman–Crippen MR) is 101 cm³/mol. The third kappa shape index (κ3) is 5.09. The van der Waals surface area contributed by atoms with Gasteiger partial charge in [-0.15, -0.1) is 0 Å². The summed E-state index contributed by atoms with van der Waals surface area (Å²) in [7, 11) is 0. The first kappa shape index (κ1) is 18.9. The van der Waals surface area contributed by atoms with Crippen LogP contribution in [0.25, 0.3) is 0 Å². The average molecular weight is 372 g/mol. The number of amides is 1. The molecule has 0 unspecified atom stereocenters. The van der Waals surface area contributed by atoms with Gasteiger partial charge < -0.3 is 10.6 Å². The Balaban J connectivity index is 1.67. The van der Waals surface area contributed by atoms with Crippen LogP contribution >= 0.6 is 0 Å². The maximum Gasteiger partial charge on any atom is 0.274 e. The van der Waals surface area contributed by atoms with Crippen LogP contribution in [0.3, 0.4) is 0 Å². The molecule has 0 aliphatic heterocycles. The first-order chi connectivity index (χ1) is 13.0. The highest BCUT2D eigenvalue weighted by molar-refractivity contribution is 6.03. The molecule has 142 valence electrons. The number of hydrogen-bond donors (Lipinski definition) is 2. The second kappa shape index (κ2) is 8.70. The van der Waals surface area contributed by atoms with Crippen molar-refractivity contribution >= 4 is 17.5 Å². The molecule has 1 amide bonds. The minimum absolute atomic E-state index is 0.0459. The summed E-state index contributed by atoms with van der Waals surface area (Å²) < 4.78 is 27.4. The first-order valence-electron chi connectivity index (χ1n) is 9.06. The summed E-state index contributed by atoms with van der Waals surface area (Å²) in [4.78, 5) is 20.8. The smallest absolute Gasteiger partial charge is 0.274 e. The van der Waals surface area contributed by atoms with Crippen molar-refractivity contribution < 1.29 is 13.6 Å². The molecule has 0 saturated heterocycles. The Kier molecular flexibility index (Phi) is 6.11. The second-order valence-corrected chi connectivity index (χ2v) is 6.55. The molecule has 27 heavy (non-hydrogen) atoms. The van der Waals surface area contributed by atoms with Crippen molar-refractivity contribution in [1.29, 1.82) is 0 Å². The highest BCUT2D eigenvalue weighted by atomic mass is 19.1. The van der Waals surface area contributed by atoms with Gasteiger partial charge in [-0.25, -0.2) is 18.7 Å². The van der Waals surface area contributed by atoms with E-state index in [2.05, 4.69) is 26.7 Å². The summed E-state index contributed by atoms with van der Waals surface area (Å²) in [5.41, 5.74) is 1.57. The molecule has 0 fully saturated rings. The fraction of sp³-hybridized carbons (Fsp3) is 0.350. The lowest BCUT2D eigenvalue weighted by Gasteiger charge is -2.13. The van der Waals surface area contributed by atoms with Gasteiger partial charge in [-0.3, -0.25) is 4.79 Å². The van der Waals surface area contributed by atoms with Gasteiger partial charge in [0.2, 0.25) is 5.95 Å². The predicted octanol–water partition coefficient (Wildman–Crippen LogP) is 4.62. The Morgan fingerprint density at radius 1 is 1.19 bits per heavy atom. The Morgan fingerprint density at radius 2 is 1.96 bits per heavy atom. The second-order valence-electron chi connectivity index (χ2n) is 6.55. The molecule has 1 aromatic heterocycles. The molecular formula is C20H22F2N4O. The Bertz CT molecular complexity index is 847. The Morgan fingerprint density at radius 3 is 2.67 bits per heavy atom. The Hall–Kier alpha value is -2.83. The van der Waals surface area contributed by atoms with Crippen LogP contribution in [-0.2, 0) is 0 Å². The van der Waals surface area contributed by atoms with Crippen LogP contribution in [0.5, 0.6) is 0 Å². The van der Waals surface area contributed by atoms with Gasteiger partial charge in [0, 0.05) is 12.2 Å². The molecule has 0 radical (unpaired) electrons. The monoisotopic (exact) mass is 372 g/mol. The number of nitrogens with one attached hydrogen (secondary N) is 2. The molecule has 2 N–H and O–H groups in total. The van der Waals surface area contributed by atoms with Crippen LogP contribution in [0.2, 0.25) is 0 Å². The summed E-state index contributed by atoms with van der Waals surface area (Å²) in [6.07, 6.45) is 7.91. The summed E-state index contributed by atoms with van der Waals surface area (Å²) in [5.74, 6) is -2.05. The van der Waals surface area contributed by atoms with E-state index >= 15 is 0 Å². The molecule has 2 aromatic rings. The number of rotatable bonds is 6. The number of carbonyl (C=O) groups excluding carboxylic acids is 1. The zero-order valence-electron chi connectivity index (χ0n) is 15.2. The van der Waals surface area contributed by atoms with E-state index in [-0.39, 0.29) is 5.69 Å². The topological polar surface area (TPSA) is 66.9 Å². The number of halogens is 2. The summed E-state index contributed by atoms with van der Waals surface area (Å²) >= 11 is 0. The molecule has 7 heteroatoms. The number of hydrogen-bond acceptors (Lipinski definition) is 4. The van der Waals surface area contributed by atoms with E-state index in [0.29, 0.717) is 18.2 Å². The van der Waals surface area contributed by atoms with Crippen LogP contribution < -0.4 is 10.6 Å².